The largest absolute Gasteiger partial charge is 0.465 e. The summed E-state index contributed by atoms with van der Waals surface area (Å²) in [5.41, 5.74) is 1.49. The van der Waals surface area contributed by atoms with Crippen molar-refractivity contribution in [2.24, 2.45) is 56.7 Å². The molecule has 0 aliphatic heterocycles. The van der Waals surface area contributed by atoms with E-state index in [1.165, 1.54) is 36.2 Å². The van der Waals surface area contributed by atoms with Crippen LogP contribution in [0.5, 0.6) is 0 Å². The summed E-state index contributed by atoms with van der Waals surface area (Å²) >= 11 is 0. The third-order valence-electron chi connectivity index (χ3n) is 16.7. The van der Waals surface area contributed by atoms with Crippen molar-refractivity contribution < 1.29 is 28.7 Å². The molecule has 5 aliphatic carbocycles. The summed E-state index contributed by atoms with van der Waals surface area (Å²) in [6.45, 7) is 23.7. The first kappa shape index (κ1) is 41.8. The molecule has 8 heteroatoms. The number of rotatable bonds is 14. The molecule has 53 heavy (non-hydrogen) atoms. The Morgan fingerprint density at radius 3 is 2.17 bits per heavy atom. The van der Waals surface area contributed by atoms with Gasteiger partial charge in [0.2, 0.25) is 11.8 Å². The number of nitrogens with one attached hydrogen (secondary N) is 1. The molecule has 5 rings (SSSR count). The van der Waals surface area contributed by atoms with Crippen LogP contribution in [0.25, 0.3) is 0 Å². The molecule has 5 saturated carbocycles. The molecule has 0 radical (unpaired) electrons. The van der Waals surface area contributed by atoms with Gasteiger partial charge in [0, 0.05) is 32.4 Å². The second-order valence-electron chi connectivity index (χ2n) is 19.6. The van der Waals surface area contributed by atoms with Gasteiger partial charge < -0.3 is 19.7 Å². The van der Waals surface area contributed by atoms with Gasteiger partial charge in [0.25, 0.3) is 0 Å². The average Bonchev–Trinajstić information content (AvgIpc) is 3.49. The number of unbranched alkanes of at least 4 members (excludes halogenated alkanes) is 4. The van der Waals surface area contributed by atoms with Crippen molar-refractivity contribution in [1.29, 1.82) is 0 Å². The molecule has 0 aromatic rings. The van der Waals surface area contributed by atoms with Crippen molar-refractivity contribution in [2.75, 3.05) is 26.7 Å². The fourth-order valence-electron chi connectivity index (χ4n) is 13.9. The van der Waals surface area contributed by atoms with Crippen LogP contribution in [0.4, 0.5) is 0 Å². The summed E-state index contributed by atoms with van der Waals surface area (Å²) in [7, 11) is 1.65. The summed E-state index contributed by atoms with van der Waals surface area (Å²) < 4.78 is 10.9. The number of amides is 2. The lowest BCUT2D eigenvalue weighted by molar-refractivity contribution is -0.248. The quantitative estimate of drug-likeness (QED) is 0.108. The average molecular weight is 739 g/mol. The third kappa shape index (κ3) is 7.48. The maximum Gasteiger partial charge on any atom is 0.325 e. The van der Waals surface area contributed by atoms with E-state index in [1.54, 1.807) is 20.9 Å². The summed E-state index contributed by atoms with van der Waals surface area (Å²) in [5, 5.41) is 3.46. The molecule has 0 bridgehead atoms. The second-order valence-corrected chi connectivity index (χ2v) is 19.6. The third-order valence-corrected chi connectivity index (χ3v) is 16.7. The molecule has 5 fully saturated rings. The maximum atomic E-state index is 14.5. The van der Waals surface area contributed by atoms with E-state index in [0.29, 0.717) is 49.2 Å². The van der Waals surface area contributed by atoms with Crippen molar-refractivity contribution in [3.05, 3.63) is 12.2 Å². The van der Waals surface area contributed by atoms with Gasteiger partial charge in [-0.05, 0) is 137 Å². The van der Waals surface area contributed by atoms with E-state index in [4.69, 9.17) is 9.47 Å². The highest BCUT2D eigenvalue weighted by Gasteiger charge is 2.72. The van der Waals surface area contributed by atoms with Crippen LogP contribution in [-0.2, 0) is 28.7 Å². The molecule has 0 heterocycles. The van der Waals surface area contributed by atoms with E-state index >= 15 is 0 Å². The molecule has 0 aromatic carbocycles. The van der Waals surface area contributed by atoms with Gasteiger partial charge in [-0.15, -0.1) is 0 Å². The van der Waals surface area contributed by atoms with E-state index in [-0.39, 0.29) is 63.5 Å². The molecule has 0 unspecified atom stereocenters. The SMILES string of the molecule is C=C(C)[C@@H]1CC[C@]2(C(=O)NCCCCCCCC(=O)N(C)CC(=O)OCC)CC[C@]3(C)[C@H](CC[C@@H]4[C@@]5(C)CC[C@H](OC(C)=O)C(C)(C)[C@@H]5CC[C@]43C)[C@@H]12. The van der Waals surface area contributed by atoms with Gasteiger partial charge in [-0.3, -0.25) is 19.2 Å². The Hall–Kier alpha value is -2.38. The van der Waals surface area contributed by atoms with Crippen LogP contribution in [-0.4, -0.2) is 61.5 Å². The lowest BCUT2D eigenvalue weighted by Gasteiger charge is -2.72. The minimum absolute atomic E-state index is 0.000566. The van der Waals surface area contributed by atoms with Crippen LogP contribution < -0.4 is 5.32 Å². The highest BCUT2D eigenvalue weighted by molar-refractivity contribution is 5.84. The van der Waals surface area contributed by atoms with Crippen LogP contribution in [0.3, 0.4) is 0 Å². The van der Waals surface area contributed by atoms with Crippen molar-refractivity contribution in [1.82, 2.24) is 10.2 Å². The smallest absolute Gasteiger partial charge is 0.325 e. The molecule has 300 valence electrons. The number of nitrogens with zero attached hydrogens (tertiary/aromatic N) is 1. The number of fused-ring (bicyclic) bond motifs is 7. The predicted molar refractivity (Wildman–Crippen MR) is 210 cm³/mol. The molecule has 0 spiro atoms. The first-order chi connectivity index (χ1) is 24.9. The zero-order chi connectivity index (χ0) is 39.0. The van der Waals surface area contributed by atoms with Crippen LogP contribution in [0.2, 0.25) is 0 Å². The fraction of sp³-hybridized carbons (Fsp3) is 0.867. The van der Waals surface area contributed by atoms with Gasteiger partial charge >= 0.3 is 11.9 Å². The minimum atomic E-state index is -0.369. The van der Waals surface area contributed by atoms with Crippen molar-refractivity contribution >= 4 is 23.8 Å². The normalized spacial score (nSPS) is 38.3. The number of ether oxygens (including phenoxy) is 2. The number of carbonyl (C=O) groups excluding carboxylic acids is 4. The Morgan fingerprint density at radius 2 is 1.49 bits per heavy atom. The van der Waals surface area contributed by atoms with E-state index in [0.717, 1.165) is 70.6 Å². The molecule has 0 aromatic heterocycles. The Kier molecular flexibility index (Phi) is 12.6. The Morgan fingerprint density at radius 1 is 0.792 bits per heavy atom. The summed E-state index contributed by atoms with van der Waals surface area (Å²) in [5.74, 6) is 2.15. The number of hydrogen-bond acceptors (Lipinski definition) is 6. The van der Waals surface area contributed by atoms with Crippen molar-refractivity contribution in [3.63, 3.8) is 0 Å². The van der Waals surface area contributed by atoms with Gasteiger partial charge in [-0.1, -0.05) is 66.0 Å². The zero-order valence-electron chi connectivity index (χ0n) is 35.0. The molecular formula is C45H74N2O6. The zero-order valence-corrected chi connectivity index (χ0v) is 35.0. The first-order valence-corrected chi connectivity index (χ1v) is 21.4. The number of hydrogen-bond donors (Lipinski definition) is 1. The monoisotopic (exact) mass is 739 g/mol. The number of esters is 2. The van der Waals surface area contributed by atoms with Crippen LogP contribution >= 0.6 is 0 Å². The van der Waals surface area contributed by atoms with E-state index in [1.807, 2.05) is 0 Å². The number of likely N-dealkylation sites (N-methyl/N-ethyl adjacent to an activating group) is 1. The Balaban J connectivity index is 1.20. The van der Waals surface area contributed by atoms with Crippen LogP contribution in [0.15, 0.2) is 12.2 Å². The van der Waals surface area contributed by atoms with Crippen molar-refractivity contribution in [3.8, 4) is 0 Å². The van der Waals surface area contributed by atoms with E-state index < -0.39 is 0 Å². The number of allylic oxidation sites excluding steroid dienone is 1. The van der Waals surface area contributed by atoms with Crippen LogP contribution in [0.1, 0.15) is 158 Å². The Labute approximate surface area is 321 Å². The molecule has 0 saturated heterocycles. The van der Waals surface area contributed by atoms with Gasteiger partial charge in [-0.25, -0.2) is 0 Å². The maximum absolute atomic E-state index is 14.5. The van der Waals surface area contributed by atoms with Gasteiger partial charge in [-0.2, -0.15) is 0 Å². The van der Waals surface area contributed by atoms with Gasteiger partial charge in [0.05, 0.1) is 12.0 Å². The summed E-state index contributed by atoms with van der Waals surface area (Å²) in [6, 6.07) is 0. The van der Waals surface area contributed by atoms with Crippen molar-refractivity contribution in [2.45, 2.75) is 164 Å². The summed E-state index contributed by atoms with van der Waals surface area (Å²) in [6.07, 6.45) is 16.2. The molecular weight excluding hydrogens is 665 g/mol. The topological polar surface area (TPSA) is 102 Å². The minimum Gasteiger partial charge on any atom is -0.465 e. The highest BCUT2D eigenvalue weighted by Crippen LogP contribution is 2.77. The Bertz CT molecular complexity index is 1390. The fourth-order valence-corrected chi connectivity index (χ4v) is 13.9. The second kappa shape index (κ2) is 16.0. The standard InChI is InChI=1S/C45H74N2O6/c1-11-52-38(50)29-47(10)37(49)17-15-13-12-14-16-28-46-40(51)45-25-20-32(30(2)3)39(45)33-18-19-35-42(7)23-22-36(53-31(4)48)41(5,6)34(42)21-24-44(35,9)43(33,8)26-27-45/h32-36,39H,2,11-29H2,1,3-10H3,(H,46,51)/t32-,33+,34-,35+,36-,39+,42-,43+,44+,45-/m0/s1. The van der Waals surface area contributed by atoms with Gasteiger partial charge in [0.15, 0.2) is 0 Å². The molecule has 5 aliphatic rings. The summed E-state index contributed by atoms with van der Waals surface area (Å²) in [4.78, 5) is 52.0. The molecule has 1 N–H and O–H groups in total. The predicted octanol–water partition coefficient (Wildman–Crippen LogP) is 9.05. The lowest BCUT2D eigenvalue weighted by atomic mass is 9.32. The molecule has 10 atom stereocenters. The number of carbonyl (C=O) groups is 4. The molecule has 2 amide bonds. The van der Waals surface area contributed by atoms with Crippen LogP contribution in [0, 0.1) is 56.7 Å². The highest BCUT2D eigenvalue weighted by atomic mass is 16.5. The molecule has 8 nitrogen and oxygen atoms in total. The lowest BCUT2D eigenvalue weighted by Crippen LogP contribution is -2.67. The van der Waals surface area contributed by atoms with E-state index in [2.05, 4.69) is 53.4 Å². The van der Waals surface area contributed by atoms with E-state index in [9.17, 15) is 19.2 Å². The van der Waals surface area contributed by atoms with Gasteiger partial charge in [0.1, 0.15) is 12.6 Å². The first-order valence-electron chi connectivity index (χ1n) is 21.4.